The summed E-state index contributed by atoms with van der Waals surface area (Å²) in [6.07, 6.45) is 6.46. The van der Waals surface area contributed by atoms with E-state index >= 15 is 0 Å². The van der Waals surface area contributed by atoms with Gasteiger partial charge in [-0.05, 0) is 11.6 Å². The van der Waals surface area contributed by atoms with Crippen LogP contribution in [-0.4, -0.2) is 31.1 Å². The van der Waals surface area contributed by atoms with Crippen LogP contribution < -0.4 is 4.74 Å². The summed E-state index contributed by atoms with van der Waals surface area (Å²) in [7, 11) is 0. The smallest absolute Gasteiger partial charge is 0.322 e. The predicted molar refractivity (Wildman–Crippen MR) is 57.7 cm³/mol. The molecule has 2 rings (SSSR count). The molecule has 0 aliphatic carbocycles. The number of rotatable bonds is 4. The lowest BCUT2D eigenvalue weighted by atomic mass is 10.7. The molecule has 0 radical (unpaired) electrons. The maximum absolute atomic E-state index is 5.74. The van der Waals surface area contributed by atoms with Crippen molar-refractivity contribution >= 4 is 11.6 Å². The van der Waals surface area contributed by atoms with Gasteiger partial charge in [0.1, 0.15) is 12.9 Å². The minimum Gasteiger partial charge on any atom is -0.459 e. The van der Waals surface area contributed by atoms with Gasteiger partial charge in [0, 0.05) is 12.4 Å². The molecule has 2 aromatic heterocycles. The van der Waals surface area contributed by atoms with Crippen molar-refractivity contribution in [2.24, 2.45) is 0 Å². The summed E-state index contributed by atoms with van der Waals surface area (Å²) in [5.41, 5.74) is 0. The standard InChI is InChI=1S/C9H8ClN5O/c1-2-5-16-9-13-7(10)12-8(14-9)15-4-3-11-6-15/h2-4,6H,1,5H2. The molecule has 0 saturated carbocycles. The Labute approximate surface area is 96.6 Å². The highest BCUT2D eigenvalue weighted by Crippen LogP contribution is 2.10. The van der Waals surface area contributed by atoms with Crippen molar-refractivity contribution in [3.05, 3.63) is 36.7 Å². The van der Waals surface area contributed by atoms with Crippen LogP contribution in [0.25, 0.3) is 5.95 Å². The average molecular weight is 238 g/mol. The third-order valence-electron chi connectivity index (χ3n) is 1.64. The van der Waals surface area contributed by atoms with Crippen LogP contribution in [0.1, 0.15) is 0 Å². The van der Waals surface area contributed by atoms with E-state index < -0.39 is 0 Å². The quantitative estimate of drug-likeness (QED) is 0.750. The molecule has 0 bridgehead atoms. The van der Waals surface area contributed by atoms with Crippen molar-refractivity contribution in [1.82, 2.24) is 24.5 Å². The molecule has 16 heavy (non-hydrogen) atoms. The Balaban J connectivity index is 2.32. The molecule has 7 heteroatoms. The van der Waals surface area contributed by atoms with Crippen LogP contribution in [0, 0.1) is 0 Å². The van der Waals surface area contributed by atoms with E-state index in [9.17, 15) is 0 Å². The van der Waals surface area contributed by atoms with Gasteiger partial charge in [0.25, 0.3) is 0 Å². The molecule has 0 spiro atoms. The zero-order valence-electron chi connectivity index (χ0n) is 8.25. The first-order chi connectivity index (χ1) is 7.79. The van der Waals surface area contributed by atoms with Gasteiger partial charge in [-0.3, -0.25) is 4.57 Å². The minimum absolute atomic E-state index is 0.0674. The van der Waals surface area contributed by atoms with E-state index in [1.54, 1.807) is 29.4 Å². The van der Waals surface area contributed by atoms with Crippen LogP contribution in [0.2, 0.25) is 5.28 Å². The second-order valence-electron chi connectivity index (χ2n) is 2.76. The second kappa shape index (κ2) is 4.71. The van der Waals surface area contributed by atoms with Crippen molar-refractivity contribution in [3.8, 4) is 12.0 Å². The van der Waals surface area contributed by atoms with Crippen LogP contribution in [0.3, 0.4) is 0 Å². The Morgan fingerprint density at radius 3 is 3.00 bits per heavy atom. The lowest BCUT2D eigenvalue weighted by Gasteiger charge is -2.04. The van der Waals surface area contributed by atoms with E-state index in [4.69, 9.17) is 16.3 Å². The third-order valence-corrected chi connectivity index (χ3v) is 1.81. The summed E-state index contributed by atoms with van der Waals surface area (Å²) >= 11 is 5.74. The number of halogens is 1. The molecular weight excluding hydrogens is 230 g/mol. The Bertz CT molecular complexity index is 485. The lowest BCUT2D eigenvalue weighted by Crippen LogP contribution is -2.05. The molecule has 0 saturated heterocycles. The fourth-order valence-electron chi connectivity index (χ4n) is 1.01. The molecule has 0 fully saturated rings. The second-order valence-corrected chi connectivity index (χ2v) is 3.09. The zero-order chi connectivity index (χ0) is 11.4. The highest BCUT2D eigenvalue weighted by atomic mass is 35.5. The summed E-state index contributed by atoms with van der Waals surface area (Å²) in [6, 6.07) is 0.156. The molecule has 0 aromatic carbocycles. The van der Waals surface area contributed by atoms with Crippen molar-refractivity contribution in [1.29, 1.82) is 0 Å². The zero-order valence-corrected chi connectivity index (χ0v) is 9.00. The van der Waals surface area contributed by atoms with Crippen LogP contribution in [0.5, 0.6) is 6.01 Å². The van der Waals surface area contributed by atoms with E-state index in [1.165, 1.54) is 0 Å². The van der Waals surface area contributed by atoms with Crippen LogP contribution in [-0.2, 0) is 0 Å². The predicted octanol–water partition coefficient (Wildman–Crippen LogP) is 1.28. The molecule has 0 atom stereocenters. The van der Waals surface area contributed by atoms with Crippen LogP contribution in [0.15, 0.2) is 31.4 Å². The summed E-state index contributed by atoms with van der Waals surface area (Å²) in [4.78, 5) is 15.7. The number of aromatic nitrogens is 5. The lowest BCUT2D eigenvalue weighted by molar-refractivity contribution is 0.331. The van der Waals surface area contributed by atoms with E-state index in [1.807, 2.05) is 0 Å². The van der Waals surface area contributed by atoms with Crippen LogP contribution in [0.4, 0.5) is 0 Å². The topological polar surface area (TPSA) is 65.7 Å². The number of nitrogens with zero attached hydrogens (tertiary/aromatic N) is 5. The highest BCUT2D eigenvalue weighted by molar-refractivity contribution is 6.28. The molecule has 0 unspecified atom stereocenters. The van der Waals surface area contributed by atoms with E-state index in [2.05, 4.69) is 26.5 Å². The van der Waals surface area contributed by atoms with Crippen LogP contribution >= 0.6 is 11.6 Å². The fourth-order valence-corrected chi connectivity index (χ4v) is 1.16. The molecule has 2 aromatic rings. The van der Waals surface area contributed by atoms with E-state index in [-0.39, 0.29) is 11.3 Å². The van der Waals surface area contributed by atoms with Crippen molar-refractivity contribution in [2.45, 2.75) is 0 Å². The maximum atomic E-state index is 5.74. The molecular formula is C9H8ClN5O. The summed E-state index contributed by atoms with van der Waals surface area (Å²) in [5.74, 6) is 0.358. The van der Waals surface area contributed by atoms with Gasteiger partial charge in [-0.2, -0.15) is 15.0 Å². The number of hydrogen-bond acceptors (Lipinski definition) is 5. The first-order valence-corrected chi connectivity index (χ1v) is 4.81. The monoisotopic (exact) mass is 237 g/mol. The number of imidazole rings is 1. The summed E-state index contributed by atoms with van der Waals surface area (Å²) in [5, 5.41) is 0.0674. The van der Waals surface area contributed by atoms with E-state index in [0.29, 0.717) is 12.6 Å². The van der Waals surface area contributed by atoms with Gasteiger partial charge < -0.3 is 4.74 Å². The molecule has 6 nitrogen and oxygen atoms in total. The Morgan fingerprint density at radius 2 is 2.31 bits per heavy atom. The van der Waals surface area contributed by atoms with Crippen molar-refractivity contribution in [2.75, 3.05) is 6.61 Å². The van der Waals surface area contributed by atoms with Gasteiger partial charge in [-0.25, -0.2) is 4.98 Å². The highest BCUT2D eigenvalue weighted by Gasteiger charge is 2.06. The first kappa shape index (κ1) is 10.6. The largest absolute Gasteiger partial charge is 0.459 e. The van der Waals surface area contributed by atoms with Gasteiger partial charge in [0.05, 0.1) is 0 Å². The minimum atomic E-state index is 0.0674. The van der Waals surface area contributed by atoms with Gasteiger partial charge in [-0.15, -0.1) is 0 Å². The van der Waals surface area contributed by atoms with Crippen molar-refractivity contribution in [3.63, 3.8) is 0 Å². The fraction of sp³-hybridized carbons (Fsp3) is 0.111. The third kappa shape index (κ3) is 2.34. The van der Waals surface area contributed by atoms with Gasteiger partial charge in [0.15, 0.2) is 0 Å². The van der Waals surface area contributed by atoms with Gasteiger partial charge in [0.2, 0.25) is 11.2 Å². The maximum Gasteiger partial charge on any atom is 0.322 e. The first-order valence-electron chi connectivity index (χ1n) is 4.43. The molecule has 2 heterocycles. The number of hydrogen-bond donors (Lipinski definition) is 0. The molecule has 0 N–H and O–H groups in total. The Kier molecular flexibility index (Phi) is 3.11. The molecule has 0 amide bonds. The van der Waals surface area contributed by atoms with Gasteiger partial charge in [-0.1, -0.05) is 12.7 Å². The number of ether oxygens (including phenoxy) is 1. The normalized spacial score (nSPS) is 10.1. The summed E-state index contributed by atoms with van der Waals surface area (Å²) in [6.45, 7) is 3.84. The molecule has 0 aliphatic rings. The van der Waals surface area contributed by atoms with E-state index in [0.717, 1.165) is 0 Å². The van der Waals surface area contributed by atoms with Gasteiger partial charge >= 0.3 is 6.01 Å². The Morgan fingerprint density at radius 1 is 1.44 bits per heavy atom. The molecule has 0 aliphatic heterocycles. The SMILES string of the molecule is C=CCOc1nc(Cl)nc(-n2ccnc2)n1. The molecule has 82 valence electrons. The van der Waals surface area contributed by atoms with Crippen molar-refractivity contribution < 1.29 is 4.74 Å². The average Bonchev–Trinajstić information content (AvgIpc) is 2.79. The Hall–Kier alpha value is -1.95. The summed E-state index contributed by atoms with van der Waals surface area (Å²) < 4.78 is 6.78.